The van der Waals surface area contributed by atoms with Gasteiger partial charge in [-0.1, -0.05) is 6.92 Å². The largest absolute Gasteiger partial charge is 0.364 e. The van der Waals surface area contributed by atoms with E-state index >= 15 is 0 Å². The molecular weight excluding hydrogens is 270 g/mol. The van der Waals surface area contributed by atoms with E-state index < -0.39 is 4.92 Å². The van der Waals surface area contributed by atoms with Crippen LogP contribution in [0.1, 0.15) is 25.3 Å². The number of hydrogen-bond acceptors (Lipinski definition) is 6. The molecule has 0 aliphatic carbocycles. The van der Waals surface area contributed by atoms with E-state index in [9.17, 15) is 10.1 Å². The van der Waals surface area contributed by atoms with Crippen LogP contribution in [0.2, 0.25) is 0 Å². The Morgan fingerprint density at radius 1 is 1.57 bits per heavy atom. The average molecular weight is 289 g/mol. The lowest BCUT2D eigenvalue weighted by Crippen LogP contribution is -2.29. The fourth-order valence-electron chi connectivity index (χ4n) is 2.53. The average Bonchev–Trinajstić information content (AvgIpc) is 2.97. The van der Waals surface area contributed by atoms with E-state index in [2.05, 4.69) is 22.1 Å². The molecule has 0 spiro atoms. The Morgan fingerprint density at radius 3 is 2.90 bits per heavy atom. The maximum Gasteiger partial charge on any atom is 0.312 e. The van der Waals surface area contributed by atoms with Crippen LogP contribution in [-0.2, 0) is 0 Å². The van der Waals surface area contributed by atoms with E-state index in [0.29, 0.717) is 12.5 Å². The van der Waals surface area contributed by atoms with Gasteiger partial charge in [-0.2, -0.15) is 5.26 Å². The number of pyridine rings is 1. The van der Waals surface area contributed by atoms with E-state index in [4.69, 9.17) is 5.26 Å². The first kappa shape index (κ1) is 15.2. The number of rotatable bonds is 6. The minimum absolute atomic E-state index is 0.151. The van der Waals surface area contributed by atoms with Crippen molar-refractivity contribution in [3.8, 4) is 6.07 Å². The molecule has 0 saturated carbocycles. The van der Waals surface area contributed by atoms with Crippen LogP contribution in [0.15, 0.2) is 12.3 Å². The van der Waals surface area contributed by atoms with Crippen molar-refractivity contribution < 1.29 is 4.92 Å². The summed E-state index contributed by atoms with van der Waals surface area (Å²) in [4.78, 5) is 16.9. The number of nitriles is 1. The first-order valence-corrected chi connectivity index (χ1v) is 7.11. The van der Waals surface area contributed by atoms with Crippen LogP contribution in [-0.4, -0.2) is 41.0 Å². The molecule has 1 aromatic heterocycles. The smallest absolute Gasteiger partial charge is 0.312 e. The van der Waals surface area contributed by atoms with Crippen LogP contribution in [0.4, 0.5) is 11.5 Å². The van der Waals surface area contributed by atoms with Crippen LogP contribution in [0.3, 0.4) is 0 Å². The Bertz CT molecular complexity index is 549. The van der Waals surface area contributed by atoms with Gasteiger partial charge in [-0.15, -0.1) is 0 Å². The second-order valence-corrected chi connectivity index (χ2v) is 5.45. The van der Waals surface area contributed by atoms with Crippen molar-refractivity contribution in [2.24, 2.45) is 5.92 Å². The molecule has 1 saturated heterocycles. The van der Waals surface area contributed by atoms with Crippen molar-refractivity contribution >= 4 is 11.5 Å². The molecular formula is C14H19N5O2. The Balaban J connectivity index is 1.95. The highest BCUT2D eigenvalue weighted by molar-refractivity contribution is 5.58. The van der Waals surface area contributed by atoms with E-state index in [1.807, 2.05) is 6.07 Å². The maximum absolute atomic E-state index is 11.0. The minimum atomic E-state index is -0.513. The first-order valence-electron chi connectivity index (χ1n) is 7.11. The number of hydrogen-bond donors (Lipinski definition) is 1. The molecule has 1 fully saturated rings. The highest BCUT2D eigenvalue weighted by atomic mass is 16.6. The van der Waals surface area contributed by atoms with Crippen molar-refractivity contribution in [1.82, 2.24) is 9.88 Å². The lowest BCUT2D eigenvalue weighted by atomic mass is 10.1. The molecule has 0 amide bonds. The summed E-state index contributed by atoms with van der Waals surface area (Å²) in [7, 11) is 0. The summed E-state index contributed by atoms with van der Waals surface area (Å²) in [5, 5.41) is 22.8. The lowest BCUT2D eigenvalue weighted by molar-refractivity contribution is -0.384. The summed E-state index contributed by atoms with van der Waals surface area (Å²) in [5.74, 6) is 0.604. The molecule has 1 unspecified atom stereocenters. The van der Waals surface area contributed by atoms with E-state index in [1.54, 1.807) is 0 Å². The molecule has 0 radical (unpaired) electrons. The molecule has 7 heteroatoms. The zero-order chi connectivity index (χ0) is 15.2. The number of anilines is 1. The lowest BCUT2D eigenvalue weighted by Gasteiger charge is -2.20. The predicted octanol–water partition coefficient (Wildman–Crippen LogP) is 2.01. The molecule has 1 aliphatic rings. The molecule has 0 bridgehead atoms. The molecule has 1 aliphatic heterocycles. The second-order valence-electron chi connectivity index (χ2n) is 5.45. The standard InChI is InChI=1S/C14H19N5O2/c1-11(10-18-4-2-3-5-18)8-16-14-13(19(20)21)6-12(7-15)9-17-14/h6,9,11H,2-5,8,10H2,1H3,(H,16,17). The highest BCUT2D eigenvalue weighted by Gasteiger charge is 2.18. The van der Waals surface area contributed by atoms with Crippen LogP contribution >= 0.6 is 0 Å². The van der Waals surface area contributed by atoms with Crippen LogP contribution in [0.5, 0.6) is 0 Å². The molecule has 21 heavy (non-hydrogen) atoms. The van der Waals surface area contributed by atoms with Crippen molar-refractivity contribution in [2.75, 3.05) is 31.5 Å². The third-order valence-corrected chi connectivity index (χ3v) is 3.58. The summed E-state index contributed by atoms with van der Waals surface area (Å²) in [6.45, 7) is 5.99. The molecule has 1 N–H and O–H groups in total. The number of nitrogens with zero attached hydrogens (tertiary/aromatic N) is 4. The van der Waals surface area contributed by atoms with Gasteiger partial charge >= 0.3 is 5.69 Å². The Morgan fingerprint density at radius 2 is 2.29 bits per heavy atom. The van der Waals surface area contributed by atoms with Gasteiger partial charge in [-0.05, 0) is 31.8 Å². The summed E-state index contributed by atoms with van der Waals surface area (Å²) in [5.41, 5.74) is 0.0415. The van der Waals surface area contributed by atoms with Gasteiger partial charge in [0, 0.05) is 25.4 Å². The Hall–Kier alpha value is -2.20. The Labute approximate surface area is 123 Å². The van der Waals surface area contributed by atoms with E-state index in [-0.39, 0.29) is 17.1 Å². The molecule has 2 rings (SSSR count). The van der Waals surface area contributed by atoms with Crippen LogP contribution in [0, 0.1) is 27.4 Å². The number of nitro groups is 1. The van der Waals surface area contributed by atoms with Gasteiger partial charge in [-0.25, -0.2) is 4.98 Å². The molecule has 2 heterocycles. The summed E-state index contributed by atoms with van der Waals surface area (Å²) in [6, 6.07) is 3.11. The fraction of sp³-hybridized carbons (Fsp3) is 0.571. The first-order chi connectivity index (χ1) is 10.1. The maximum atomic E-state index is 11.0. The van der Waals surface area contributed by atoms with Crippen LogP contribution < -0.4 is 5.32 Å². The van der Waals surface area contributed by atoms with Crippen molar-refractivity contribution in [1.29, 1.82) is 5.26 Å². The molecule has 7 nitrogen and oxygen atoms in total. The van der Waals surface area contributed by atoms with E-state index in [1.165, 1.54) is 25.1 Å². The SMILES string of the molecule is CC(CNc1ncc(C#N)cc1[N+](=O)[O-])CN1CCCC1. The summed E-state index contributed by atoms with van der Waals surface area (Å²) in [6.07, 6.45) is 3.85. The third-order valence-electron chi connectivity index (χ3n) is 3.58. The number of aromatic nitrogens is 1. The predicted molar refractivity (Wildman–Crippen MR) is 78.9 cm³/mol. The van der Waals surface area contributed by atoms with Crippen molar-refractivity contribution in [3.63, 3.8) is 0 Å². The number of nitrogens with one attached hydrogen (secondary N) is 1. The topological polar surface area (TPSA) is 95.1 Å². The zero-order valence-corrected chi connectivity index (χ0v) is 12.1. The molecule has 1 atom stereocenters. The third kappa shape index (κ3) is 4.13. The van der Waals surface area contributed by atoms with Gasteiger partial charge in [0.15, 0.2) is 0 Å². The summed E-state index contributed by atoms with van der Waals surface area (Å²) < 4.78 is 0. The normalized spacial score (nSPS) is 16.4. The second kappa shape index (κ2) is 6.99. The van der Waals surface area contributed by atoms with Gasteiger partial charge in [0.05, 0.1) is 10.5 Å². The quantitative estimate of drug-likeness (QED) is 0.635. The molecule has 1 aromatic rings. The van der Waals surface area contributed by atoms with Gasteiger partial charge < -0.3 is 10.2 Å². The summed E-state index contributed by atoms with van der Waals surface area (Å²) >= 11 is 0. The van der Waals surface area contributed by atoms with Gasteiger partial charge in [0.25, 0.3) is 0 Å². The highest BCUT2D eigenvalue weighted by Crippen LogP contribution is 2.22. The number of likely N-dealkylation sites (tertiary alicyclic amines) is 1. The minimum Gasteiger partial charge on any atom is -0.364 e. The van der Waals surface area contributed by atoms with Gasteiger partial charge in [0.2, 0.25) is 5.82 Å². The Kier molecular flexibility index (Phi) is 5.06. The molecule has 112 valence electrons. The van der Waals surface area contributed by atoms with Gasteiger partial charge in [0.1, 0.15) is 6.07 Å². The van der Waals surface area contributed by atoms with Crippen molar-refractivity contribution in [2.45, 2.75) is 19.8 Å². The van der Waals surface area contributed by atoms with Crippen molar-refractivity contribution in [3.05, 3.63) is 27.9 Å². The fourth-order valence-corrected chi connectivity index (χ4v) is 2.53. The van der Waals surface area contributed by atoms with E-state index in [0.717, 1.165) is 19.6 Å². The van der Waals surface area contributed by atoms with Crippen LogP contribution in [0.25, 0.3) is 0 Å². The molecule has 0 aromatic carbocycles. The monoisotopic (exact) mass is 289 g/mol. The van der Waals surface area contributed by atoms with Gasteiger partial charge in [-0.3, -0.25) is 10.1 Å². The zero-order valence-electron chi connectivity index (χ0n) is 12.1.